The van der Waals surface area contributed by atoms with E-state index in [1.54, 1.807) is 13.1 Å². The molecular weight excluding hydrogens is 258 g/mol. The van der Waals surface area contributed by atoms with E-state index in [2.05, 4.69) is 5.32 Å². The predicted octanol–water partition coefficient (Wildman–Crippen LogP) is 1.77. The van der Waals surface area contributed by atoms with E-state index in [9.17, 15) is 4.79 Å². The second-order valence-electron chi connectivity index (χ2n) is 3.46. The summed E-state index contributed by atoms with van der Waals surface area (Å²) >= 11 is 6.17. The Morgan fingerprint density at radius 3 is 2.28 bits per heavy atom. The fraction of sp³-hybridized carbons (Fsp3) is 0.417. The Morgan fingerprint density at radius 2 is 1.83 bits per heavy atom. The van der Waals surface area contributed by atoms with E-state index >= 15 is 0 Å². The van der Waals surface area contributed by atoms with Gasteiger partial charge in [0.15, 0.2) is 17.3 Å². The molecule has 18 heavy (non-hydrogen) atoms. The number of ketones is 1. The maximum atomic E-state index is 12.0. The molecule has 0 aliphatic heterocycles. The van der Waals surface area contributed by atoms with Crippen LogP contribution in [0, 0.1) is 0 Å². The first kappa shape index (κ1) is 14.6. The van der Waals surface area contributed by atoms with Crippen molar-refractivity contribution in [3.63, 3.8) is 0 Å². The van der Waals surface area contributed by atoms with Gasteiger partial charge in [0.2, 0.25) is 0 Å². The van der Waals surface area contributed by atoms with Gasteiger partial charge in [-0.25, -0.2) is 0 Å². The Labute approximate surface area is 111 Å². The zero-order valence-electron chi connectivity index (χ0n) is 10.8. The summed E-state index contributed by atoms with van der Waals surface area (Å²) in [4.78, 5) is 12.0. The van der Waals surface area contributed by atoms with Gasteiger partial charge in [0.25, 0.3) is 0 Å². The second-order valence-corrected chi connectivity index (χ2v) is 3.83. The molecule has 5 nitrogen and oxygen atoms in total. The third kappa shape index (κ3) is 2.68. The van der Waals surface area contributed by atoms with E-state index < -0.39 is 0 Å². The first-order valence-corrected chi connectivity index (χ1v) is 5.64. The molecule has 0 aliphatic carbocycles. The summed E-state index contributed by atoms with van der Waals surface area (Å²) < 4.78 is 15.5. The van der Waals surface area contributed by atoms with Crippen LogP contribution in [0.25, 0.3) is 0 Å². The Balaban J connectivity index is 3.43. The number of nitrogens with one attached hydrogen (secondary N) is 1. The van der Waals surface area contributed by atoms with Crippen molar-refractivity contribution >= 4 is 17.4 Å². The number of hydrogen-bond donors (Lipinski definition) is 1. The molecule has 1 rings (SSSR count). The number of methoxy groups -OCH3 is 3. The van der Waals surface area contributed by atoms with Crippen molar-refractivity contribution in [1.29, 1.82) is 0 Å². The van der Waals surface area contributed by atoms with Crippen molar-refractivity contribution in [3.05, 3.63) is 16.7 Å². The summed E-state index contributed by atoms with van der Waals surface area (Å²) in [5.41, 5.74) is 0.283. The van der Waals surface area contributed by atoms with Gasteiger partial charge in [-0.2, -0.15) is 0 Å². The highest BCUT2D eigenvalue weighted by atomic mass is 35.5. The van der Waals surface area contributed by atoms with Gasteiger partial charge in [-0.1, -0.05) is 11.6 Å². The Bertz CT molecular complexity index is 448. The number of likely N-dealkylation sites (N-methyl/N-ethyl adjacent to an activating group) is 1. The van der Waals surface area contributed by atoms with Gasteiger partial charge in [0, 0.05) is 6.07 Å². The van der Waals surface area contributed by atoms with E-state index in [-0.39, 0.29) is 22.9 Å². The fourth-order valence-corrected chi connectivity index (χ4v) is 1.97. The number of carbonyl (C=O) groups excluding carboxylic acids is 1. The number of hydrogen-bond acceptors (Lipinski definition) is 5. The second kappa shape index (κ2) is 6.47. The molecule has 0 bridgehead atoms. The highest BCUT2D eigenvalue weighted by molar-refractivity contribution is 6.36. The van der Waals surface area contributed by atoms with Gasteiger partial charge < -0.3 is 19.5 Å². The van der Waals surface area contributed by atoms with Crippen LogP contribution >= 0.6 is 11.6 Å². The average molecular weight is 274 g/mol. The lowest BCUT2D eigenvalue weighted by Gasteiger charge is -2.15. The molecule has 0 fully saturated rings. The van der Waals surface area contributed by atoms with E-state index in [4.69, 9.17) is 25.8 Å². The van der Waals surface area contributed by atoms with Crippen molar-refractivity contribution < 1.29 is 19.0 Å². The van der Waals surface area contributed by atoms with Crippen LogP contribution in [0.3, 0.4) is 0 Å². The van der Waals surface area contributed by atoms with Gasteiger partial charge >= 0.3 is 0 Å². The van der Waals surface area contributed by atoms with Gasteiger partial charge in [0.1, 0.15) is 10.8 Å². The quantitative estimate of drug-likeness (QED) is 0.801. The number of carbonyl (C=O) groups is 1. The first-order chi connectivity index (χ1) is 8.60. The van der Waals surface area contributed by atoms with Crippen molar-refractivity contribution in [1.82, 2.24) is 5.32 Å². The van der Waals surface area contributed by atoms with Crippen LogP contribution in [-0.2, 0) is 0 Å². The number of ether oxygens (including phenoxy) is 3. The Morgan fingerprint density at radius 1 is 1.22 bits per heavy atom. The van der Waals surface area contributed by atoms with Crippen LogP contribution in [0.5, 0.6) is 17.2 Å². The highest BCUT2D eigenvalue weighted by Gasteiger charge is 2.23. The minimum absolute atomic E-state index is 0.158. The minimum atomic E-state index is -0.180. The molecule has 0 heterocycles. The zero-order chi connectivity index (χ0) is 13.7. The summed E-state index contributed by atoms with van der Waals surface area (Å²) in [5, 5.41) is 2.96. The zero-order valence-corrected chi connectivity index (χ0v) is 11.6. The summed E-state index contributed by atoms with van der Waals surface area (Å²) in [6, 6.07) is 1.58. The number of Topliss-reactive ketones (excluding diaryl/α,β-unsaturated/α-hetero) is 1. The summed E-state index contributed by atoms with van der Waals surface area (Å²) in [7, 11) is 6.10. The maximum Gasteiger partial charge on any atom is 0.181 e. The van der Waals surface area contributed by atoms with Crippen LogP contribution < -0.4 is 19.5 Å². The van der Waals surface area contributed by atoms with E-state index in [0.29, 0.717) is 17.2 Å². The maximum absolute atomic E-state index is 12.0. The molecular formula is C12H16ClNO4. The van der Waals surface area contributed by atoms with Gasteiger partial charge in [-0.05, 0) is 7.05 Å². The van der Waals surface area contributed by atoms with Crippen molar-refractivity contribution in [2.75, 3.05) is 34.9 Å². The molecule has 0 atom stereocenters. The number of benzene rings is 1. The van der Waals surface area contributed by atoms with Crippen LogP contribution in [0.15, 0.2) is 6.07 Å². The van der Waals surface area contributed by atoms with Crippen LogP contribution in [0.4, 0.5) is 0 Å². The molecule has 0 unspecified atom stereocenters. The van der Waals surface area contributed by atoms with Gasteiger partial charge in [0.05, 0.1) is 33.4 Å². The molecule has 0 saturated heterocycles. The van der Waals surface area contributed by atoms with E-state index in [1.165, 1.54) is 21.3 Å². The van der Waals surface area contributed by atoms with E-state index in [1.807, 2.05) is 0 Å². The molecule has 0 spiro atoms. The standard InChI is InChI=1S/C12H16ClNO4/c1-14-6-7(15)10-8(16-2)5-9(17-3)12(18-4)11(10)13/h5,14H,6H2,1-4H3. The number of rotatable bonds is 6. The molecule has 0 radical (unpaired) electrons. The third-order valence-electron chi connectivity index (χ3n) is 2.41. The molecule has 1 aromatic carbocycles. The molecule has 0 amide bonds. The van der Waals surface area contributed by atoms with Crippen molar-refractivity contribution in [2.45, 2.75) is 0 Å². The monoisotopic (exact) mass is 273 g/mol. The summed E-state index contributed by atoms with van der Waals surface area (Å²) in [6.45, 7) is 0.158. The largest absolute Gasteiger partial charge is 0.496 e. The molecule has 0 aliphatic rings. The molecule has 6 heteroatoms. The van der Waals surface area contributed by atoms with E-state index in [0.717, 1.165) is 0 Å². The molecule has 1 aromatic rings. The van der Waals surface area contributed by atoms with Crippen molar-refractivity contribution in [3.8, 4) is 17.2 Å². The van der Waals surface area contributed by atoms with Crippen molar-refractivity contribution in [2.24, 2.45) is 0 Å². The summed E-state index contributed by atoms with van der Waals surface area (Å²) in [6.07, 6.45) is 0. The topological polar surface area (TPSA) is 56.8 Å². The molecule has 100 valence electrons. The smallest absolute Gasteiger partial charge is 0.181 e. The summed E-state index contributed by atoms with van der Waals surface area (Å²) in [5.74, 6) is 0.915. The predicted molar refractivity (Wildman–Crippen MR) is 69.4 cm³/mol. The third-order valence-corrected chi connectivity index (χ3v) is 2.77. The lowest BCUT2D eigenvalue weighted by atomic mass is 10.1. The van der Waals surface area contributed by atoms with Gasteiger partial charge in [-0.3, -0.25) is 4.79 Å². The highest BCUT2D eigenvalue weighted by Crippen LogP contribution is 2.42. The van der Waals surface area contributed by atoms with Crippen LogP contribution in [0.2, 0.25) is 5.02 Å². The molecule has 1 N–H and O–H groups in total. The van der Waals surface area contributed by atoms with Gasteiger partial charge in [-0.15, -0.1) is 0 Å². The fourth-order valence-electron chi connectivity index (χ4n) is 1.60. The average Bonchev–Trinajstić information content (AvgIpc) is 2.37. The molecule has 0 saturated carbocycles. The van der Waals surface area contributed by atoms with Crippen LogP contribution in [0.1, 0.15) is 10.4 Å². The Hall–Kier alpha value is -1.46. The number of halogens is 1. The minimum Gasteiger partial charge on any atom is -0.496 e. The lowest BCUT2D eigenvalue weighted by Crippen LogP contribution is -2.19. The first-order valence-electron chi connectivity index (χ1n) is 5.26. The SMILES string of the molecule is CNCC(=O)c1c(OC)cc(OC)c(OC)c1Cl. The van der Waals surface area contributed by atoms with Crippen LogP contribution in [-0.4, -0.2) is 40.7 Å². The normalized spacial score (nSPS) is 10.1. The Kier molecular flexibility index (Phi) is 5.25. The molecule has 0 aromatic heterocycles. The lowest BCUT2D eigenvalue weighted by molar-refractivity contribution is 0.0990.